The Morgan fingerprint density at radius 3 is 2.50 bits per heavy atom. The Morgan fingerprint density at radius 1 is 1.07 bits per heavy atom. The van der Waals surface area contributed by atoms with Crippen LogP contribution in [0.25, 0.3) is 11.0 Å². The average molecular weight is 383 g/mol. The van der Waals surface area contributed by atoms with E-state index in [1.54, 1.807) is 24.1 Å². The minimum Gasteiger partial charge on any atom is -0.497 e. The number of hydrogen-bond acceptors (Lipinski definition) is 3. The highest BCUT2D eigenvalue weighted by atomic mass is 16.5. The molecule has 0 radical (unpaired) electrons. The maximum absolute atomic E-state index is 12.0. The van der Waals surface area contributed by atoms with Crippen molar-refractivity contribution in [3.05, 3.63) is 76.1 Å². The number of ether oxygens (including phenoxy) is 1. The summed E-state index contributed by atoms with van der Waals surface area (Å²) in [6.45, 7) is 8.33. The van der Waals surface area contributed by atoms with Gasteiger partial charge in [0.25, 0.3) is 0 Å². The summed E-state index contributed by atoms with van der Waals surface area (Å²) in [5.74, 6) is 0.686. The van der Waals surface area contributed by atoms with Gasteiger partial charge in [0, 0.05) is 28.6 Å². The van der Waals surface area contributed by atoms with Gasteiger partial charge >= 0.3 is 5.63 Å². The Morgan fingerprint density at radius 2 is 1.82 bits per heavy atom. The number of nitrogens with one attached hydrogen (secondary N) is 1. The molecule has 5 nitrogen and oxygen atoms in total. The van der Waals surface area contributed by atoms with Gasteiger partial charge in [0.2, 0.25) is 0 Å². The molecule has 3 aromatic rings. The third kappa shape index (κ3) is 4.61. The Labute approximate surface area is 165 Å². The minimum atomic E-state index is -0.321. The summed E-state index contributed by atoms with van der Waals surface area (Å²) in [7, 11) is 1.61. The normalized spacial score (nSPS) is 12.4. The molecule has 2 aromatic carbocycles. The summed E-state index contributed by atoms with van der Waals surface area (Å²) >= 11 is 0. The van der Waals surface area contributed by atoms with E-state index in [0.717, 1.165) is 37.1 Å². The molecule has 1 heterocycles. The highest BCUT2D eigenvalue weighted by molar-refractivity contribution is 5.81. The van der Waals surface area contributed by atoms with E-state index in [-0.39, 0.29) is 5.63 Å². The largest absolute Gasteiger partial charge is 0.497 e. The molecule has 0 spiro atoms. The minimum absolute atomic E-state index is 0.321. The molecule has 0 aliphatic carbocycles. The molecule has 0 unspecified atom stereocenters. The number of quaternary nitrogens is 2. The van der Waals surface area contributed by atoms with Crippen molar-refractivity contribution in [1.82, 2.24) is 0 Å². The first-order valence-corrected chi connectivity index (χ1v) is 9.98. The molecule has 28 heavy (non-hydrogen) atoms. The first-order valence-electron chi connectivity index (χ1n) is 9.98. The summed E-state index contributed by atoms with van der Waals surface area (Å²) in [5, 5.41) is 3.25. The predicted octanol–water partition coefficient (Wildman–Crippen LogP) is 1.53. The molecule has 0 saturated heterocycles. The average Bonchev–Trinajstić information content (AvgIpc) is 2.73. The molecule has 0 saturated carbocycles. The standard InChI is InChI=1S/C23H28N2O3/c1-4-25(5-2)21(17-9-7-6-8-10-17)16-24-15-18-13-23(26)28-22-14-19(27-3)11-12-20(18)22/h6-14,21,24H,4-5,15-16H2,1-3H3/p+2/t21-/m0/s1. The van der Waals surface area contributed by atoms with Crippen LogP contribution in [-0.2, 0) is 6.54 Å². The van der Waals surface area contributed by atoms with E-state index in [0.29, 0.717) is 17.4 Å². The topological polar surface area (TPSA) is 60.5 Å². The lowest BCUT2D eigenvalue weighted by molar-refractivity contribution is -0.943. The maximum atomic E-state index is 12.0. The summed E-state index contributed by atoms with van der Waals surface area (Å²) in [4.78, 5) is 13.6. The molecule has 0 aliphatic rings. The van der Waals surface area contributed by atoms with Crippen LogP contribution in [0.2, 0.25) is 0 Å². The molecule has 148 valence electrons. The van der Waals surface area contributed by atoms with E-state index in [1.165, 1.54) is 5.56 Å². The summed E-state index contributed by atoms with van der Waals surface area (Å²) in [6, 6.07) is 18.4. The molecular weight excluding hydrogens is 352 g/mol. The van der Waals surface area contributed by atoms with Crippen molar-refractivity contribution in [2.24, 2.45) is 0 Å². The highest BCUT2D eigenvalue weighted by Gasteiger charge is 2.23. The summed E-state index contributed by atoms with van der Waals surface area (Å²) < 4.78 is 10.6. The van der Waals surface area contributed by atoms with Gasteiger partial charge in [-0.15, -0.1) is 0 Å². The lowest BCUT2D eigenvalue weighted by atomic mass is 10.0. The maximum Gasteiger partial charge on any atom is 0.336 e. The Hall–Kier alpha value is -2.63. The van der Waals surface area contributed by atoms with Crippen molar-refractivity contribution >= 4 is 11.0 Å². The van der Waals surface area contributed by atoms with Crippen LogP contribution in [0.3, 0.4) is 0 Å². The van der Waals surface area contributed by atoms with Crippen molar-refractivity contribution in [1.29, 1.82) is 0 Å². The highest BCUT2D eigenvalue weighted by Crippen LogP contribution is 2.22. The van der Waals surface area contributed by atoms with E-state index >= 15 is 0 Å². The molecule has 5 heteroatoms. The zero-order valence-corrected chi connectivity index (χ0v) is 16.9. The lowest BCUT2D eigenvalue weighted by Crippen LogP contribution is -3.14. The quantitative estimate of drug-likeness (QED) is 0.552. The number of nitrogens with two attached hydrogens (primary N) is 1. The first kappa shape index (κ1) is 20.1. The van der Waals surface area contributed by atoms with Gasteiger partial charge in [0.15, 0.2) is 6.04 Å². The predicted molar refractivity (Wildman–Crippen MR) is 111 cm³/mol. The van der Waals surface area contributed by atoms with E-state index in [1.807, 2.05) is 12.1 Å². The lowest BCUT2D eigenvalue weighted by Gasteiger charge is -2.25. The Kier molecular flexibility index (Phi) is 6.85. The molecule has 1 atom stereocenters. The van der Waals surface area contributed by atoms with Crippen LogP contribution in [0.5, 0.6) is 5.75 Å². The number of hydrogen-bond donors (Lipinski definition) is 2. The van der Waals surface area contributed by atoms with Crippen LogP contribution < -0.4 is 20.6 Å². The molecule has 3 rings (SSSR count). The molecule has 0 bridgehead atoms. The van der Waals surface area contributed by atoms with Crippen LogP contribution in [0.4, 0.5) is 0 Å². The third-order valence-electron chi connectivity index (χ3n) is 5.41. The van der Waals surface area contributed by atoms with Crippen LogP contribution >= 0.6 is 0 Å². The van der Waals surface area contributed by atoms with Gasteiger partial charge in [-0.1, -0.05) is 30.3 Å². The van der Waals surface area contributed by atoms with Gasteiger partial charge in [0.1, 0.15) is 24.4 Å². The zero-order chi connectivity index (χ0) is 19.9. The van der Waals surface area contributed by atoms with Gasteiger partial charge in [-0.3, -0.25) is 0 Å². The van der Waals surface area contributed by atoms with E-state index in [4.69, 9.17) is 9.15 Å². The van der Waals surface area contributed by atoms with Gasteiger partial charge in [-0.25, -0.2) is 4.79 Å². The zero-order valence-electron chi connectivity index (χ0n) is 16.9. The molecule has 0 amide bonds. The molecule has 0 fully saturated rings. The Bertz CT molecular complexity index is 949. The fourth-order valence-corrected chi connectivity index (χ4v) is 3.88. The summed E-state index contributed by atoms with van der Waals surface area (Å²) in [6.07, 6.45) is 0. The number of rotatable bonds is 9. The molecule has 1 aromatic heterocycles. The van der Waals surface area contributed by atoms with Crippen LogP contribution in [0, 0.1) is 0 Å². The van der Waals surface area contributed by atoms with Gasteiger partial charge in [-0.2, -0.15) is 0 Å². The van der Waals surface area contributed by atoms with Crippen molar-refractivity contribution < 1.29 is 19.4 Å². The van der Waals surface area contributed by atoms with Crippen molar-refractivity contribution in [2.45, 2.75) is 26.4 Å². The molecule has 3 N–H and O–H groups in total. The van der Waals surface area contributed by atoms with Gasteiger partial charge in [0.05, 0.1) is 20.2 Å². The van der Waals surface area contributed by atoms with Crippen molar-refractivity contribution in [3.63, 3.8) is 0 Å². The second-order valence-electron chi connectivity index (χ2n) is 7.01. The Balaban J connectivity index is 1.79. The van der Waals surface area contributed by atoms with Crippen molar-refractivity contribution in [2.75, 3.05) is 26.7 Å². The number of benzene rings is 2. The van der Waals surface area contributed by atoms with Crippen LogP contribution in [0.15, 0.2) is 63.8 Å². The smallest absolute Gasteiger partial charge is 0.336 e. The number of fused-ring (bicyclic) bond motifs is 1. The molecular formula is C23H30N2O3+2. The summed E-state index contributed by atoms with van der Waals surface area (Å²) in [5.41, 5.74) is 2.61. The van der Waals surface area contributed by atoms with E-state index < -0.39 is 0 Å². The van der Waals surface area contributed by atoms with Crippen LogP contribution in [-0.4, -0.2) is 26.7 Å². The fourth-order valence-electron chi connectivity index (χ4n) is 3.88. The van der Waals surface area contributed by atoms with E-state index in [2.05, 4.69) is 49.5 Å². The number of likely N-dealkylation sites (N-methyl/N-ethyl adjacent to an activating group) is 1. The van der Waals surface area contributed by atoms with Gasteiger partial charge in [-0.05, 0) is 26.0 Å². The fraction of sp³-hybridized carbons (Fsp3) is 0.348. The number of methoxy groups -OCH3 is 1. The second-order valence-corrected chi connectivity index (χ2v) is 7.01. The SMILES string of the molecule is CC[NH+](CC)[C@@H](C[NH2+]Cc1cc(=O)oc2cc(OC)ccc12)c1ccccc1. The van der Waals surface area contributed by atoms with Crippen LogP contribution in [0.1, 0.15) is 31.0 Å². The molecule has 0 aliphatic heterocycles. The first-order chi connectivity index (χ1) is 13.7. The van der Waals surface area contributed by atoms with E-state index in [9.17, 15) is 4.79 Å². The van der Waals surface area contributed by atoms with Gasteiger partial charge < -0.3 is 19.4 Å². The van der Waals surface area contributed by atoms with Crippen molar-refractivity contribution in [3.8, 4) is 5.75 Å². The monoisotopic (exact) mass is 382 g/mol. The third-order valence-corrected chi connectivity index (χ3v) is 5.41. The second kappa shape index (κ2) is 9.53.